The molecule has 1 N–H and O–H groups in total. The zero-order valence-electron chi connectivity index (χ0n) is 12.3. The third-order valence-corrected chi connectivity index (χ3v) is 5.68. The summed E-state index contributed by atoms with van der Waals surface area (Å²) in [7, 11) is 0. The van der Waals surface area contributed by atoms with Crippen LogP contribution >= 0.6 is 27.3 Å². The molecule has 1 nitrogen and oxygen atoms in total. The summed E-state index contributed by atoms with van der Waals surface area (Å²) in [6.45, 7) is 7.89. The van der Waals surface area contributed by atoms with E-state index in [2.05, 4.69) is 83.8 Å². The number of thiophene rings is 1. The first-order chi connectivity index (χ1) is 9.57. The van der Waals surface area contributed by atoms with Crippen LogP contribution in [0.25, 0.3) is 0 Å². The Morgan fingerprint density at radius 3 is 2.45 bits per heavy atom. The van der Waals surface area contributed by atoms with Gasteiger partial charge in [0.2, 0.25) is 0 Å². The third kappa shape index (κ3) is 3.33. The quantitative estimate of drug-likeness (QED) is 0.721. The number of rotatable bonds is 6. The lowest BCUT2D eigenvalue weighted by Crippen LogP contribution is -2.37. The van der Waals surface area contributed by atoms with Crippen LogP contribution in [0.2, 0.25) is 0 Å². The average Bonchev–Trinajstić information content (AvgIpc) is 2.86. The fourth-order valence-electron chi connectivity index (χ4n) is 2.51. The van der Waals surface area contributed by atoms with Gasteiger partial charge in [-0.05, 0) is 45.9 Å². The Morgan fingerprint density at radius 1 is 1.20 bits per heavy atom. The van der Waals surface area contributed by atoms with E-state index in [9.17, 15) is 0 Å². The monoisotopic (exact) mass is 351 g/mol. The molecule has 1 aromatic heterocycles. The second-order valence-corrected chi connectivity index (χ2v) is 7.41. The number of hydrogen-bond acceptors (Lipinski definition) is 2. The van der Waals surface area contributed by atoms with Crippen LogP contribution < -0.4 is 5.32 Å². The molecule has 0 aliphatic rings. The second-order valence-electron chi connectivity index (χ2n) is 5.61. The van der Waals surface area contributed by atoms with Crippen LogP contribution in [0, 0.1) is 0 Å². The first kappa shape index (κ1) is 15.7. The number of nitrogens with one attached hydrogen (secondary N) is 1. The summed E-state index contributed by atoms with van der Waals surface area (Å²) >= 11 is 5.51. The van der Waals surface area contributed by atoms with Crippen LogP contribution in [-0.4, -0.2) is 6.54 Å². The maximum Gasteiger partial charge on any atom is 0.0519 e. The summed E-state index contributed by atoms with van der Waals surface area (Å²) in [5.74, 6) is 0. The van der Waals surface area contributed by atoms with Crippen molar-refractivity contribution in [2.45, 2.75) is 38.6 Å². The summed E-state index contributed by atoms with van der Waals surface area (Å²) in [4.78, 5) is 1.38. The van der Waals surface area contributed by atoms with E-state index < -0.39 is 0 Å². The van der Waals surface area contributed by atoms with Gasteiger partial charge in [0.05, 0.1) is 6.04 Å². The predicted octanol–water partition coefficient (Wildman–Crippen LogP) is 5.53. The van der Waals surface area contributed by atoms with E-state index in [1.165, 1.54) is 14.9 Å². The van der Waals surface area contributed by atoms with Crippen LogP contribution in [0.3, 0.4) is 0 Å². The molecule has 0 bridgehead atoms. The predicted molar refractivity (Wildman–Crippen MR) is 92.5 cm³/mol. The normalized spacial score (nSPS) is 13.4. The van der Waals surface area contributed by atoms with Gasteiger partial charge in [-0.15, -0.1) is 11.3 Å². The average molecular weight is 352 g/mol. The highest BCUT2D eigenvalue weighted by Gasteiger charge is 2.33. The molecule has 3 heteroatoms. The molecule has 0 saturated carbocycles. The molecule has 0 amide bonds. The molecule has 0 spiro atoms. The zero-order chi connectivity index (χ0) is 14.6. The molecule has 0 radical (unpaired) electrons. The minimum absolute atomic E-state index is 0.0454. The second kappa shape index (κ2) is 6.88. The summed E-state index contributed by atoms with van der Waals surface area (Å²) < 4.78 is 1.21. The van der Waals surface area contributed by atoms with Crippen molar-refractivity contribution >= 4 is 27.3 Å². The highest BCUT2D eigenvalue weighted by atomic mass is 79.9. The van der Waals surface area contributed by atoms with E-state index in [4.69, 9.17) is 0 Å². The zero-order valence-corrected chi connectivity index (χ0v) is 14.7. The van der Waals surface area contributed by atoms with Crippen LogP contribution in [0.15, 0.2) is 46.3 Å². The van der Waals surface area contributed by atoms with Crippen LogP contribution in [-0.2, 0) is 5.41 Å². The smallest absolute Gasteiger partial charge is 0.0519 e. The van der Waals surface area contributed by atoms with E-state index in [1.54, 1.807) is 0 Å². The lowest BCUT2D eigenvalue weighted by molar-refractivity contribution is 0.352. The fourth-order valence-corrected chi connectivity index (χ4v) is 4.37. The first-order valence-corrected chi connectivity index (χ1v) is 8.76. The van der Waals surface area contributed by atoms with Crippen molar-refractivity contribution < 1.29 is 0 Å². The Kier molecular flexibility index (Phi) is 5.42. The summed E-state index contributed by atoms with van der Waals surface area (Å²) in [5.41, 5.74) is 1.41. The van der Waals surface area contributed by atoms with Gasteiger partial charge in [0, 0.05) is 14.8 Å². The van der Waals surface area contributed by atoms with Gasteiger partial charge in [-0.3, -0.25) is 0 Å². The molecule has 108 valence electrons. The van der Waals surface area contributed by atoms with Gasteiger partial charge in [-0.25, -0.2) is 0 Å². The SMILES string of the molecule is CCCNC(c1sccc1Br)C(C)(C)c1ccccc1. The third-order valence-electron chi connectivity index (χ3n) is 3.74. The number of benzene rings is 1. The molecule has 2 aromatic rings. The van der Waals surface area contributed by atoms with E-state index in [-0.39, 0.29) is 5.41 Å². The summed E-state index contributed by atoms with van der Waals surface area (Å²) in [6.07, 6.45) is 1.14. The molecule has 1 atom stereocenters. The molecular formula is C17H22BrNS. The van der Waals surface area contributed by atoms with Crippen molar-refractivity contribution in [3.05, 3.63) is 56.7 Å². The van der Waals surface area contributed by atoms with Crippen molar-refractivity contribution in [2.75, 3.05) is 6.54 Å². The summed E-state index contributed by atoms with van der Waals surface area (Å²) in [5, 5.41) is 5.89. The van der Waals surface area contributed by atoms with Crippen molar-refractivity contribution in [1.82, 2.24) is 5.32 Å². The van der Waals surface area contributed by atoms with Crippen LogP contribution in [0.5, 0.6) is 0 Å². The molecule has 1 heterocycles. The van der Waals surface area contributed by atoms with Crippen molar-refractivity contribution in [2.24, 2.45) is 0 Å². The van der Waals surface area contributed by atoms with Gasteiger partial charge < -0.3 is 5.32 Å². The van der Waals surface area contributed by atoms with Gasteiger partial charge >= 0.3 is 0 Å². The number of halogens is 1. The van der Waals surface area contributed by atoms with Gasteiger partial charge in [0.25, 0.3) is 0 Å². The number of hydrogen-bond donors (Lipinski definition) is 1. The van der Waals surface area contributed by atoms with E-state index in [0.29, 0.717) is 6.04 Å². The fraction of sp³-hybridized carbons (Fsp3) is 0.412. The molecule has 0 fully saturated rings. The van der Waals surface area contributed by atoms with Crippen molar-refractivity contribution in [3.63, 3.8) is 0 Å². The lowest BCUT2D eigenvalue weighted by Gasteiger charge is -2.35. The van der Waals surface area contributed by atoms with Gasteiger partial charge in [-0.1, -0.05) is 51.1 Å². The van der Waals surface area contributed by atoms with Gasteiger partial charge in [-0.2, -0.15) is 0 Å². The molecule has 0 saturated heterocycles. The molecule has 1 unspecified atom stereocenters. The summed E-state index contributed by atoms with van der Waals surface area (Å²) in [6, 6.07) is 13.2. The van der Waals surface area contributed by atoms with Crippen molar-refractivity contribution in [3.8, 4) is 0 Å². The Labute approximate surface area is 134 Å². The maximum absolute atomic E-state index is 3.73. The molecule has 20 heavy (non-hydrogen) atoms. The first-order valence-electron chi connectivity index (χ1n) is 7.09. The topological polar surface area (TPSA) is 12.0 Å². The van der Waals surface area contributed by atoms with Gasteiger partial charge in [0.15, 0.2) is 0 Å². The van der Waals surface area contributed by atoms with Crippen molar-refractivity contribution in [1.29, 1.82) is 0 Å². The lowest BCUT2D eigenvalue weighted by atomic mass is 9.77. The molecule has 1 aromatic carbocycles. The van der Waals surface area contributed by atoms with E-state index >= 15 is 0 Å². The Morgan fingerprint density at radius 2 is 1.90 bits per heavy atom. The highest BCUT2D eigenvalue weighted by Crippen LogP contribution is 2.41. The van der Waals surface area contributed by atoms with Gasteiger partial charge in [0.1, 0.15) is 0 Å². The molecule has 0 aliphatic carbocycles. The minimum atomic E-state index is 0.0454. The van der Waals surface area contributed by atoms with E-state index in [0.717, 1.165) is 13.0 Å². The largest absolute Gasteiger partial charge is 0.309 e. The Hall–Kier alpha value is -0.640. The minimum Gasteiger partial charge on any atom is -0.309 e. The molecule has 0 aliphatic heterocycles. The standard InChI is InChI=1S/C17H22BrNS/c1-4-11-19-16(15-14(18)10-12-20-15)17(2,3)13-8-6-5-7-9-13/h5-10,12,16,19H,4,11H2,1-3H3. The van der Waals surface area contributed by atoms with E-state index in [1.807, 2.05) is 11.3 Å². The maximum atomic E-state index is 3.73. The molecule has 2 rings (SSSR count). The van der Waals surface area contributed by atoms with Crippen LogP contribution in [0.4, 0.5) is 0 Å². The Balaban J connectivity index is 2.38. The molecular weight excluding hydrogens is 330 g/mol. The highest BCUT2D eigenvalue weighted by molar-refractivity contribution is 9.10. The Bertz CT molecular complexity index is 533. The van der Waals surface area contributed by atoms with Crippen LogP contribution in [0.1, 0.15) is 43.7 Å².